The molecule has 3 aliphatic heterocycles. The SMILES string of the molecule is COc1c([C@@H]2O[C@H](CO)[C@@H](F)[C@H](O)[C@H]2O)cc(Cc2ccc3c(c2)SCCO3)c2c1CCO2. The summed E-state index contributed by atoms with van der Waals surface area (Å²) in [5.74, 6) is 3.02. The fraction of sp³-hybridized carbons (Fsp3) is 0.500. The van der Waals surface area contributed by atoms with Crippen LogP contribution in [0.2, 0.25) is 0 Å². The van der Waals surface area contributed by atoms with Crippen LogP contribution in [0.1, 0.15) is 28.4 Å². The van der Waals surface area contributed by atoms with Crippen LogP contribution in [0.3, 0.4) is 0 Å². The number of alkyl halides is 1. The molecule has 1 saturated heterocycles. The second-order valence-corrected chi connectivity index (χ2v) is 9.56. The third kappa shape index (κ3) is 4.06. The molecular formula is C24H27FO7S. The van der Waals surface area contributed by atoms with Gasteiger partial charge in [-0.1, -0.05) is 6.07 Å². The molecule has 9 heteroatoms. The van der Waals surface area contributed by atoms with Gasteiger partial charge in [0, 0.05) is 34.6 Å². The van der Waals surface area contributed by atoms with Gasteiger partial charge in [0.05, 0.1) is 26.9 Å². The summed E-state index contributed by atoms with van der Waals surface area (Å²) in [5.41, 5.74) is 3.31. The predicted molar refractivity (Wildman–Crippen MR) is 119 cm³/mol. The van der Waals surface area contributed by atoms with Crippen LogP contribution in [-0.2, 0) is 17.6 Å². The van der Waals surface area contributed by atoms with Gasteiger partial charge in [0.25, 0.3) is 0 Å². The Balaban J connectivity index is 1.55. The number of aliphatic hydroxyl groups is 3. The molecule has 7 nitrogen and oxygen atoms in total. The summed E-state index contributed by atoms with van der Waals surface area (Å²) in [6, 6.07) is 7.93. The fourth-order valence-corrected chi connectivity index (χ4v) is 5.68. The summed E-state index contributed by atoms with van der Waals surface area (Å²) in [6.45, 7) is 0.586. The standard InChI is InChI=1S/C24H27FO7S/c1-29-23-14-4-5-31-22(14)13(8-12-2-3-16-18(9-12)33-7-6-30-16)10-15(23)24-21(28)20(27)19(25)17(11-26)32-24/h2-3,9-10,17,19-21,24,26-28H,4-8,11H2,1H3/t17-,19-,20+,21-,24+/m1/s1. The van der Waals surface area contributed by atoms with E-state index in [9.17, 15) is 19.7 Å². The van der Waals surface area contributed by atoms with Crippen molar-refractivity contribution < 1.29 is 38.7 Å². The highest BCUT2D eigenvalue weighted by atomic mass is 32.2. The minimum Gasteiger partial charge on any atom is -0.496 e. The second kappa shape index (κ2) is 9.31. The summed E-state index contributed by atoms with van der Waals surface area (Å²) in [6.07, 6.45) is -6.21. The number of aliphatic hydroxyl groups excluding tert-OH is 3. The third-order valence-corrected chi connectivity index (χ3v) is 7.39. The second-order valence-electron chi connectivity index (χ2n) is 8.42. The van der Waals surface area contributed by atoms with E-state index in [0.29, 0.717) is 37.4 Å². The Labute approximate surface area is 195 Å². The first-order valence-electron chi connectivity index (χ1n) is 11.0. The first-order chi connectivity index (χ1) is 16.0. The topological polar surface area (TPSA) is 97.6 Å². The Kier molecular flexibility index (Phi) is 6.41. The molecule has 0 saturated carbocycles. The van der Waals surface area contributed by atoms with Crippen LogP contribution in [0.25, 0.3) is 0 Å². The average molecular weight is 479 g/mol. The van der Waals surface area contributed by atoms with Gasteiger partial charge >= 0.3 is 0 Å². The third-order valence-electron chi connectivity index (χ3n) is 6.38. The van der Waals surface area contributed by atoms with Crippen molar-refractivity contribution in [1.29, 1.82) is 0 Å². The molecule has 1 fully saturated rings. The van der Waals surface area contributed by atoms with Crippen LogP contribution in [0.15, 0.2) is 29.2 Å². The van der Waals surface area contributed by atoms with Gasteiger partial charge in [0.1, 0.15) is 41.7 Å². The number of halogens is 1. The van der Waals surface area contributed by atoms with Crippen LogP contribution >= 0.6 is 11.8 Å². The summed E-state index contributed by atoms with van der Waals surface area (Å²) < 4.78 is 37.4. The molecule has 2 aromatic rings. The van der Waals surface area contributed by atoms with Crippen molar-refractivity contribution in [3.8, 4) is 17.2 Å². The van der Waals surface area contributed by atoms with Gasteiger partial charge in [-0.25, -0.2) is 4.39 Å². The molecule has 0 radical (unpaired) electrons. The van der Waals surface area contributed by atoms with Crippen LogP contribution < -0.4 is 14.2 Å². The van der Waals surface area contributed by atoms with E-state index in [1.54, 1.807) is 11.8 Å². The number of methoxy groups -OCH3 is 1. The molecule has 0 spiro atoms. The maximum atomic E-state index is 14.3. The van der Waals surface area contributed by atoms with Crippen molar-refractivity contribution >= 4 is 11.8 Å². The van der Waals surface area contributed by atoms with Crippen LogP contribution in [-0.4, -0.2) is 72.5 Å². The summed E-state index contributed by atoms with van der Waals surface area (Å²) >= 11 is 1.76. The number of hydrogen-bond donors (Lipinski definition) is 3. The molecule has 178 valence electrons. The molecule has 0 unspecified atom stereocenters. The normalized spacial score (nSPS) is 28.5. The van der Waals surface area contributed by atoms with Gasteiger partial charge in [-0.05, 0) is 29.3 Å². The molecule has 3 aliphatic rings. The molecule has 3 N–H and O–H groups in total. The van der Waals surface area contributed by atoms with Gasteiger partial charge < -0.3 is 34.3 Å². The first kappa shape index (κ1) is 22.7. The number of thioether (sulfide) groups is 1. The molecule has 5 atom stereocenters. The zero-order valence-electron chi connectivity index (χ0n) is 18.2. The maximum absolute atomic E-state index is 14.3. The van der Waals surface area contributed by atoms with Crippen molar-refractivity contribution in [1.82, 2.24) is 0 Å². The van der Waals surface area contributed by atoms with Crippen molar-refractivity contribution in [2.45, 2.75) is 48.3 Å². The van der Waals surface area contributed by atoms with Gasteiger partial charge in [0.15, 0.2) is 6.17 Å². The van der Waals surface area contributed by atoms with Crippen LogP contribution in [0.5, 0.6) is 17.2 Å². The van der Waals surface area contributed by atoms with E-state index >= 15 is 0 Å². The van der Waals surface area contributed by atoms with Gasteiger partial charge in [0.2, 0.25) is 0 Å². The molecule has 33 heavy (non-hydrogen) atoms. The minimum atomic E-state index is -1.89. The summed E-state index contributed by atoms with van der Waals surface area (Å²) in [4.78, 5) is 1.10. The van der Waals surface area contributed by atoms with Gasteiger partial charge in [-0.15, -0.1) is 11.8 Å². The molecule has 0 amide bonds. The largest absolute Gasteiger partial charge is 0.496 e. The van der Waals surface area contributed by atoms with E-state index in [1.165, 1.54) is 7.11 Å². The first-order valence-corrected chi connectivity index (χ1v) is 12.0. The molecule has 3 heterocycles. The van der Waals surface area contributed by atoms with Crippen molar-refractivity contribution in [2.75, 3.05) is 32.7 Å². The van der Waals surface area contributed by atoms with E-state index < -0.39 is 37.2 Å². The molecular weight excluding hydrogens is 451 g/mol. The number of rotatable bonds is 5. The highest BCUT2D eigenvalue weighted by molar-refractivity contribution is 7.99. The quantitative estimate of drug-likeness (QED) is 0.602. The number of benzene rings is 2. The van der Waals surface area contributed by atoms with E-state index in [0.717, 1.165) is 38.8 Å². The highest BCUT2D eigenvalue weighted by Crippen LogP contribution is 2.46. The van der Waals surface area contributed by atoms with E-state index in [2.05, 4.69) is 6.07 Å². The number of ether oxygens (including phenoxy) is 4. The van der Waals surface area contributed by atoms with Gasteiger partial charge in [-0.3, -0.25) is 0 Å². The highest BCUT2D eigenvalue weighted by Gasteiger charge is 2.46. The maximum Gasteiger partial charge on any atom is 0.157 e. The Morgan fingerprint density at radius 1 is 1.15 bits per heavy atom. The van der Waals surface area contributed by atoms with Crippen molar-refractivity contribution in [3.05, 3.63) is 46.5 Å². The van der Waals surface area contributed by atoms with E-state index in [-0.39, 0.29) is 0 Å². The lowest BCUT2D eigenvalue weighted by molar-refractivity contribution is -0.214. The number of fused-ring (bicyclic) bond motifs is 2. The Bertz CT molecular complexity index is 1030. The molecule has 0 aliphatic carbocycles. The Morgan fingerprint density at radius 3 is 2.79 bits per heavy atom. The van der Waals surface area contributed by atoms with Crippen molar-refractivity contribution in [3.63, 3.8) is 0 Å². The lowest BCUT2D eigenvalue weighted by Crippen LogP contribution is -2.53. The van der Waals surface area contributed by atoms with Crippen molar-refractivity contribution in [2.24, 2.45) is 0 Å². The van der Waals surface area contributed by atoms with Crippen LogP contribution in [0.4, 0.5) is 4.39 Å². The monoisotopic (exact) mass is 478 g/mol. The van der Waals surface area contributed by atoms with Gasteiger partial charge in [-0.2, -0.15) is 0 Å². The molecule has 2 aromatic carbocycles. The molecule has 5 rings (SSSR count). The summed E-state index contributed by atoms with van der Waals surface area (Å²) in [7, 11) is 1.52. The Morgan fingerprint density at radius 2 is 2.00 bits per heavy atom. The zero-order valence-corrected chi connectivity index (χ0v) is 19.0. The lowest BCUT2D eigenvalue weighted by atomic mass is 9.88. The zero-order chi connectivity index (χ0) is 23.1. The fourth-order valence-electron chi connectivity index (χ4n) is 4.79. The number of hydrogen-bond acceptors (Lipinski definition) is 8. The lowest BCUT2D eigenvalue weighted by Gasteiger charge is -2.39. The smallest absolute Gasteiger partial charge is 0.157 e. The molecule has 0 bridgehead atoms. The minimum absolute atomic E-state index is 0.492. The summed E-state index contributed by atoms with van der Waals surface area (Å²) in [5, 5.41) is 30.5. The Hall–Kier alpha value is -2.04. The van der Waals surface area contributed by atoms with E-state index in [1.807, 2.05) is 18.2 Å². The van der Waals surface area contributed by atoms with E-state index in [4.69, 9.17) is 18.9 Å². The molecule has 0 aromatic heterocycles. The van der Waals surface area contributed by atoms with Crippen LogP contribution in [0, 0.1) is 0 Å². The predicted octanol–water partition coefficient (Wildman–Crippen LogP) is 2.20. The average Bonchev–Trinajstić information content (AvgIpc) is 3.33.